The molecule has 0 aliphatic carbocycles. The van der Waals surface area contributed by atoms with E-state index in [0.29, 0.717) is 16.3 Å². The Kier molecular flexibility index (Phi) is 2.97. The third-order valence-corrected chi connectivity index (χ3v) is 4.23. The summed E-state index contributed by atoms with van der Waals surface area (Å²) in [5.74, 6) is 0. The van der Waals surface area contributed by atoms with Crippen LogP contribution in [0.5, 0.6) is 0 Å². The van der Waals surface area contributed by atoms with Crippen molar-refractivity contribution in [2.75, 3.05) is 0 Å². The molecule has 92 valence electrons. The predicted molar refractivity (Wildman–Crippen MR) is 78.1 cm³/mol. The van der Waals surface area contributed by atoms with Crippen molar-refractivity contribution in [3.8, 4) is 0 Å². The molecule has 6 heteroatoms. The van der Waals surface area contributed by atoms with Crippen molar-refractivity contribution in [3.63, 3.8) is 0 Å². The summed E-state index contributed by atoms with van der Waals surface area (Å²) in [5, 5.41) is 1.73. The van der Waals surface area contributed by atoms with Crippen LogP contribution >= 0.6 is 35.2 Å². The Hall–Kier alpha value is -1.17. The second-order valence-electron chi connectivity index (χ2n) is 4.02. The summed E-state index contributed by atoms with van der Waals surface area (Å²) in [6.07, 6.45) is 1.88. The summed E-state index contributed by atoms with van der Waals surface area (Å²) in [5.41, 5.74) is 1.90. The molecule has 2 heterocycles. The van der Waals surface area contributed by atoms with Crippen LogP contribution in [-0.2, 0) is 6.54 Å². The highest BCUT2D eigenvalue weighted by Gasteiger charge is 2.09. The number of benzene rings is 1. The van der Waals surface area contributed by atoms with Crippen molar-refractivity contribution in [2.45, 2.75) is 13.5 Å². The number of hydrogen-bond acceptors (Lipinski definition) is 3. The second-order valence-corrected chi connectivity index (χ2v) is 6.13. The molecule has 0 atom stereocenters. The highest BCUT2D eigenvalue weighted by Crippen LogP contribution is 2.24. The molecule has 1 N–H and O–H groups in total. The number of halogens is 1. The lowest BCUT2D eigenvalue weighted by molar-refractivity contribution is 0.803. The van der Waals surface area contributed by atoms with Gasteiger partial charge in [0.25, 0.3) is 0 Å². The van der Waals surface area contributed by atoms with Gasteiger partial charge in [0, 0.05) is 11.1 Å². The molecule has 0 radical (unpaired) electrons. The molecule has 0 fully saturated rings. The van der Waals surface area contributed by atoms with Crippen LogP contribution in [0.15, 0.2) is 24.4 Å². The number of thiazole rings is 1. The van der Waals surface area contributed by atoms with E-state index in [1.165, 1.54) is 4.88 Å². The van der Waals surface area contributed by atoms with Gasteiger partial charge in [-0.1, -0.05) is 17.7 Å². The number of para-hydroxylation sites is 1. The zero-order chi connectivity index (χ0) is 12.7. The van der Waals surface area contributed by atoms with Gasteiger partial charge in [-0.05, 0) is 31.3 Å². The summed E-state index contributed by atoms with van der Waals surface area (Å²) < 4.78 is 2.66. The Morgan fingerprint density at radius 2 is 2.33 bits per heavy atom. The van der Waals surface area contributed by atoms with Crippen LogP contribution in [0, 0.1) is 11.7 Å². The van der Waals surface area contributed by atoms with E-state index in [4.69, 9.17) is 23.8 Å². The zero-order valence-electron chi connectivity index (χ0n) is 9.61. The minimum absolute atomic E-state index is 0.654. The molecule has 0 bridgehead atoms. The molecule has 3 rings (SSSR count). The largest absolute Gasteiger partial charge is 0.331 e. The van der Waals surface area contributed by atoms with Gasteiger partial charge >= 0.3 is 0 Å². The molecule has 0 spiro atoms. The Bertz CT molecular complexity index is 769. The van der Waals surface area contributed by atoms with Gasteiger partial charge < -0.3 is 9.55 Å². The van der Waals surface area contributed by atoms with Gasteiger partial charge in [0.05, 0.1) is 22.6 Å². The van der Waals surface area contributed by atoms with E-state index in [0.717, 1.165) is 16.0 Å². The second kappa shape index (κ2) is 4.50. The maximum Gasteiger partial charge on any atom is 0.178 e. The van der Waals surface area contributed by atoms with E-state index in [1.807, 2.05) is 35.9 Å². The molecule has 0 aliphatic rings. The van der Waals surface area contributed by atoms with Crippen LogP contribution in [0.25, 0.3) is 11.0 Å². The van der Waals surface area contributed by atoms with Crippen molar-refractivity contribution < 1.29 is 0 Å². The molecule has 0 unspecified atom stereocenters. The van der Waals surface area contributed by atoms with E-state index in [9.17, 15) is 0 Å². The molecule has 0 aliphatic heterocycles. The van der Waals surface area contributed by atoms with Crippen molar-refractivity contribution >= 4 is 46.2 Å². The lowest BCUT2D eigenvalue weighted by Crippen LogP contribution is -1.99. The minimum atomic E-state index is 0.654. The van der Waals surface area contributed by atoms with Crippen LogP contribution < -0.4 is 0 Å². The maximum atomic E-state index is 6.24. The van der Waals surface area contributed by atoms with Gasteiger partial charge in [-0.2, -0.15) is 0 Å². The summed E-state index contributed by atoms with van der Waals surface area (Å²) in [6.45, 7) is 2.70. The fourth-order valence-electron chi connectivity index (χ4n) is 1.94. The summed E-state index contributed by atoms with van der Waals surface area (Å²) >= 11 is 13.3. The van der Waals surface area contributed by atoms with Crippen molar-refractivity contribution in [2.24, 2.45) is 0 Å². The van der Waals surface area contributed by atoms with Gasteiger partial charge in [-0.15, -0.1) is 11.3 Å². The standard InChI is InChI=1S/C12H10ClN3S2/c1-7-5-14-10(18-7)6-16-11-8(13)3-2-4-9(11)15-12(16)17/h2-5H,6H2,1H3,(H,15,17). The highest BCUT2D eigenvalue weighted by atomic mass is 35.5. The van der Waals surface area contributed by atoms with Crippen molar-refractivity contribution in [1.82, 2.24) is 14.5 Å². The molecule has 3 aromatic rings. The van der Waals surface area contributed by atoms with E-state index < -0.39 is 0 Å². The Balaban J connectivity index is 2.16. The van der Waals surface area contributed by atoms with E-state index >= 15 is 0 Å². The van der Waals surface area contributed by atoms with Gasteiger partial charge in [0.1, 0.15) is 5.01 Å². The average molecular weight is 296 g/mol. The normalized spacial score (nSPS) is 11.2. The maximum absolute atomic E-state index is 6.24. The molecule has 0 saturated heterocycles. The molecule has 18 heavy (non-hydrogen) atoms. The minimum Gasteiger partial charge on any atom is -0.331 e. The smallest absolute Gasteiger partial charge is 0.178 e. The quantitative estimate of drug-likeness (QED) is 0.720. The first kappa shape index (κ1) is 11.9. The van der Waals surface area contributed by atoms with Crippen LogP contribution in [0.1, 0.15) is 9.88 Å². The number of nitrogens with zero attached hydrogens (tertiary/aromatic N) is 2. The van der Waals surface area contributed by atoms with E-state index in [-0.39, 0.29) is 0 Å². The number of hydrogen-bond donors (Lipinski definition) is 1. The monoisotopic (exact) mass is 295 g/mol. The highest BCUT2D eigenvalue weighted by molar-refractivity contribution is 7.71. The number of nitrogens with one attached hydrogen (secondary N) is 1. The lowest BCUT2D eigenvalue weighted by atomic mass is 10.3. The van der Waals surface area contributed by atoms with Crippen LogP contribution in [0.3, 0.4) is 0 Å². The third kappa shape index (κ3) is 1.98. The molecule has 3 nitrogen and oxygen atoms in total. The van der Waals surface area contributed by atoms with Gasteiger partial charge in [-0.25, -0.2) is 4.98 Å². The van der Waals surface area contributed by atoms with Crippen molar-refractivity contribution in [3.05, 3.63) is 44.1 Å². The molecular formula is C12H10ClN3S2. The van der Waals surface area contributed by atoms with Crippen molar-refractivity contribution in [1.29, 1.82) is 0 Å². The number of aromatic nitrogens is 3. The summed E-state index contributed by atoms with van der Waals surface area (Å²) in [7, 11) is 0. The molecule has 0 saturated carbocycles. The van der Waals surface area contributed by atoms with E-state index in [1.54, 1.807) is 11.3 Å². The summed E-state index contributed by atoms with van der Waals surface area (Å²) in [4.78, 5) is 8.72. The number of rotatable bonds is 2. The van der Waals surface area contributed by atoms with Gasteiger partial charge in [0.2, 0.25) is 0 Å². The van der Waals surface area contributed by atoms with Crippen LogP contribution in [0.2, 0.25) is 5.02 Å². The summed E-state index contributed by atoms with van der Waals surface area (Å²) in [6, 6.07) is 5.75. The first-order valence-corrected chi connectivity index (χ1v) is 7.04. The third-order valence-electron chi connectivity index (χ3n) is 2.71. The fraction of sp³-hybridized carbons (Fsp3) is 0.167. The molecule has 1 aromatic carbocycles. The Labute approximate surface area is 118 Å². The number of H-pyrrole nitrogens is 1. The first-order chi connectivity index (χ1) is 8.65. The van der Waals surface area contributed by atoms with Gasteiger partial charge in [0.15, 0.2) is 4.77 Å². The topological polar surface area (TPSA) is 33.6 Å². The van der Waals surface area contributed by atoms with Crippen LogP contribution in [-0.4, -0.2) is 14.5 Å². The molecule has 2 aromatic heterocycles. The lowest BCUT2D eigenvalue weighted by Gasteiger charge is -2.02. The average Bonchev–Trinajstić information content (AvgIpc) is 2.85. The number of fused-ring (bicyclic) bond motifs is 1. The number of aromatic amines is 1. The molecule has 0 amide bonds. The Morgan fingerprint density at radius 1 is 1.50 bits per heavy atom. The fourth-order valence-corrected chi connectivity index (χ4v) is 3.25. The Morgan fingerprint density at radius 3 is 3.06 bits per heavy atom. The first-order valence-electron chi connectivity index (χ1n) is 5.43. The van der Waals surface area contributed by atoms with Gasteiger partial charge in [-0.3, -0.25) is 0 Å². The number of aryl methyl sites for hydroxylation is 1. The predicted octanol–water partition coefficient (Wildman–Crippen LogP) is 4.17. The SMILES string of the molecule is Cc1cnc(Cn2c(=S)[nH]c3cccc(Cl)c32)s1. The van der Waals surface area contributed by atoms with E-state index in [2.05, 4.69) is 9.97 Å². The number of imidazole rings is 1. The van der Waals surface area contributed by atoms with Crippen LogP contribution in [0.4, 0.5) is 0 Å². The molecular weight excluding hydrogens is 286 g/mol. The zero-order valence-corrected chi connectivity index (χ0v) is 12.0.